The van der Waals surface area contributed by atoms with Crippen molar-refractivity contribution in [2.24, 2.45) is 11.7 Å². The molecule has 4 N–H and O–H groups in total. The predicted molar refractivity (Wildman–Crippen MR) is 110 cm³/mol. The van der Waals surface area contributed by atoms with E-state index in [0.717, 1.165) is 31.6 Å². The Balaban J connectivity index is 1.42. The zero-order valence-electron chi connectivity index (χ0n) is 16.2. The molecule has 1 aliphatic heterocycles. The molecule has 3 amide bonds. The summed E-state index contributed by atoms with van der Waals surface area (Å²) >= 11 is 0. The number of likely N-dealkylation sites (tertiary alicyclic amines) is 1. The van der Waals surface area contributed by atoms with E-state index in [1.807, 2.05) is 6.07 Å². The quantitative estimate of drug-likeness (QED) is 0.719. The molecule has 1 aliphatic rings. The molecule has 0 spiro atoms. The molecule has 1 fully saturated rings. The van der Waals surface area contributed by atoms with Crippen LogP contribution in [0.3, 0.4) is 0 Å². The van der Waals surface area contributed by atoms with E-state index in [1.165, 1.54) is 5.56 Å². The highest BCUT2D eigenvalue weighted by molar-refractivity contribution is 5.92. The lowest BCUT2D eigenvalue weighted by Crippen LogP contribution is -2.51. The third-order valence-corrected chi connectivity index (χ3v) is 5.25. The first-order valence-electron chi connectivity index (χ1n) is 9.70. The second-order valence-electron chi connectivity index (χ2n) is 7.48. The van der Waals surface area contributed by atoms with Crippen LogP contribution in [0.1, 0.15) is 34.8 Å². The molecule has 1 saturated heterocycles. The highest BCUT2D eigenvalue weighted by atomic mass is 16.2. The Hall–Kier alpha value is -2.86. The maximum Gasteiger partial charge on any atom is 0.315 e. The number of nitrogens with two attached hydrogens (primary N) is 1. The molecule has 2 aromatic rings. The van der Waals surface area contributed by atoms with E-state index in [4.69, 9.17) is 5.73 Å². The maximum absolute atomic E-state index is 12.3. The van der Waals surface area contributed by atoms with Crippen LogP contribution in [0.15, 0.2) is 54.6 Å². The fourth-order valence-electron chi connectivity index (χ4n) is 3.62. The molecule has 2 unspecified atom stereocenters. The monoisotopic (exact) mass is 380 g/mol. The zero-order chi connectivity index (χ0) is 19.9. The first-order chi connectivity index (χ1) is 13.5. The SMILES string of the molecule is CC1CN(Cc2ccccc2)CCC1NC(=O)NCc1ccc(C(N)=O)cc1. The van der Waals surface area contributed by atoms with Crippen molar-refractivity contribution in [3.05, 3.63) is 71.3 Å². The minimum Gasteiger partial charge on any atom is -0.366 e. The zero-order valence-corrected chi connectivity index (χ0v) is 16.2. The number of piperidine rings is 1. The second kappa shape index (κ2) is 9.37. The highest BCUT2D eigenvalue weighted by Gasteiger charge is 2.27. The minimum atomic E-state index is -0.454. The van der Waals surface area contributed by atoms with Gasteiger partial charge in [0.05, 0.1) is 0 Å². The molecule has 2 atom stereocenters. The van der Waals surface area contributed by atoms with Crippen LogP contribution in [0.5, 0.6) is 0 Å². The van der Waals surface area contributed by atoms with E-state index in [-0.39, 0.29) is 12.1 Å². The smallest absolute Gasteiger partial charge is 0.315 e. The van der Waals surface area contributed by atoms with Gasteiger partial charge in [0.1, 0.15) is 0 Å². The fraction of sp³-hybridized carbons (Fsp3) is 0.364. The summed E-state index contributed by atoms with van der Waals surface area (Å²) in [6.45, 7) is 5.48. The van der Waals surface area contributed by atoms with E-state index in [9.17, 15) is 9.59 Å². The van der Waals surface area contributed by atoms with Gasteiger partial charge in [-0.25, -0.2) is 4.79 Å². The van der Waals surface area contributed by atoms with Crippen molar-refractivity contribution in [1.82, 2.24) is 15.5 Å². The van der Waals surface area contributed by atoms with Crippen molar-refractivity contribution in [3.8, 4) is 0 Å². The molecule has 6 heteroatoms. The lowest BCUT2D eigenvalue weighted by atomic mass is 9.93. The van der Waals surface area contributed by atoms with E-state index >= 15 is 0 Å². The van der Waals surface area contributed by atoms with Gasteiger partial charge in [-0.05, 0) is 35.6 Å². The fourth-order valence-corrected chi connectivity index (χ4v) is 3.62. The summed E-state index contributed by atoms with van der Waals surface area (Å²) < 4.78 is 0. The number of carbonyl (C=O) groups excluding carboxylic acids is 2. The van der Waals surface area contributed by atoms with Gasteiger partial charge < -0.3 is 16.4 Å². The number of primary amides is 1. The van der Waals surface area contributed by atoms with Crippen molar-refractivity contribution in [3.63, 3.8) is 0 Å². The first kappa shape index (κ1) is 19.9. The molecule has 2 aromatic carbocycles. The van der Waals surface area contributed by atoms with Gasteiger partial charge in [-0.2, -0.15) is 0 Å². The summed E-state index contributed by atoms with van der Waals surface area (Å²) in [6.07, 6.45) is 0.939. The van der Waals surface area contributed by atoms with Crippen molar-refractivity contribution < 1.29 is 9.59 Å². The van der Waals surface area contributed by atoms with E-state index in [0.29, 0.717) is 18.0 Å². The number of amides is 3. The van der Waals surface area contributed by atoms with Crippen molar-refractivity contribution in [2.45, 2.75) is 32.5 Å². The predicted octanol–water partition coefficient (Wildman–Crippen LogP) is 2.50. The summed E-state index contributed by atoms with van der Waals surface area (Å²) in [5.74, 6) is -0.0668. The van der Waals surface area contributed by atoms with Gasteiger partial charge in [-0.1, -0.05) is 49.4 Å². The molecule has 0 aromatic heterocycles. The lowest BCUT2D eigenvalue weighted by molar-refractivity contribution is 0.1000. The van der Waals surface area contributed by atoms with Gasteiger partial charge in [-0.3, -0.25) is 9.69 Å². The molecular weight excluding hydrogens is 352 g/mol. The van der Waals surface area contributed by atoms with Gasteiger partial charge in [-0.15, -0.1) is 0 Å². The molecule has 0 aliphatic carbocycles. The number of urea groups is 1. The van der Waals surface area contributed by atoms with Crippen molar-refractivity contribution in [2.75, 3.05) is 13.1 Å². The Bertz CT molecular complexity index is 792. The molecular formula is C22H28N4O2. The normalized spacial score (nSPS) is 19.8. The Kier molecular flexibility index (Phi) is 6.66. The highest BCUT2D eigenvalue weighted by Crippen LogP contribution is 2.19. The van der Waals surface area contributed by atoms with Crippen LogP contribution >= 0.6 is 0 Å². The largest absolute Gasteiger partial charge is 0.366 e. The molecule has 3 rings (SSSR count). The number of hydrogen-bond donors (Lipinski definition) is 3. The topological polar surface area (TPSA) is 87.5 Å². The Morgan fingerprint density at radius 3 is 2.43 bits per heavy atom. The van der Waals surface area contributed by atoms with E-state index in [2.05, 4.69) is 46.7 Å². The lowest BCUT2D eigenvalue weighted by Gasteiger charge is -2.37. The standard InChI is InChI=1S/C22H28N4O2/c1-16-14-26(15-18-5-3-2-4-6-18)12-11-20(16)25-22(28)24-13-17-7-9-19(10-8-17)21(23)27/h2-10,16,20H,11-15H2,1H3,(H2,23,27)(H2,24,25,28). The van der Waals surface area contributed by atoms with Crippen LogP contribution in [-0.4, -0.2) is 36.0 Å². The molecule has 0 saturated carbocycles. The number of benzene rings is 2. The Morgan fingerprint density at radius 2 is 1.79 bits per heavy atom. The average Bonchev–Trinajstić information content (AvgIpc) is 2.69. The number of nitrogens with zero attached hydrogens (tertiary/aromatic N) is 1. The number of nitrogens with one attached hydrogen (secondary N) is 2. The van der Waals surface area contributed by atoms with Gasteiger partial charge in [0.2, 0.25) is 5.91 Å². The Labute approximate surface area is 166 Å². The van der Waals surface area contributed by atoms with E-state index < -0.39 is 5.91 Å². The second-order valence-corrected chi connectivity index (χ2v) is 7.48. The summed E-state index contributed by atoms with van der Waals surface area (Å²) in [5.41, 5.74) is 7.94. The number of rotatable bonds is 6. The van der Waals surface area contributed by atoms with Gasteiger partial charge in [0.25, 0.3) is 0 Å². The van der Waals surface area contributed by atoms with Crippen molar-refractivity contribution in [1.29, 1.82) is 0 Å². The third kappa shape index (κ3) is 5.57. The minimum absolute atomic E-state index is 0.160. The first-order valence-corrected chi connectivity index (χ1v) is 9.70. The van der Waals surface area contributed by atoms with Crippen LogP contribution in [0.4, 0.5) is 4.79 Å². The van der Waals surface area contributed by atoms with Crippen LogP contribution in [0.25, 0.3) is 0 Å². The number of hydrogen-bond acceptors (Lipinski definition) is 3. The number of carbonyl (C=O) groups is 2. The molecule has 148 valence electrons. The van der Waals surface area contributed by atoms with Gasteiger partial charge >= 0.3 is 6.03 Å². The van der Waals surface area contributed by atoms with Crippen molar-refractivity contribution >= 4 is 11.9 Å². The van der Waals surface area contributed by atoms with Gasteiger partial charge in [0, 0.05) is 37.8 Å². The molecule has 28 heavy (non-hydrogen) atoms. The summed E-state index contributed by atoms with van der Waals surface area (Å²) in [6, 6.07) is 17.4. The Morgan fingerprint density at radius 1 is 1.07 bits per heavy atom. The molecule has 6 nitrogen and oxygen atoms in total. The molecule has 0 radical (unpaired) electrons. The third-order valence-electron chi connectivity index (χ3n) is 5.25. The summed E-state index contributed by atoms with van der Waals surface area (Å²) in [4.78, 5) is 25.8. The van der Waals surface area contributed by atoms with Gasteiger partial charge in [0.15, 0.2) is 0 Å². The van der Waals surface area contributed by atoms with Crippen LogP contribution in [0.2, 0.25) is 0 Å². The molecule has 0 bridgehead atoms. The van der Waals surface area contributed by atoms with Crippen LogP contribution < -0.4 is 16.4 Å². The summed E-state index contributed by atoms with van der Waals surface area (Å²) in [7, 11) is 0. The maximum atomic E-state index is 12.3. The van der Waals surface area contributed by atoms with E-state index in [1.54, 1.807) is 24.3 Å². The molecule has 1 heterocycles. The van der Waals surface area contributed by atoms with Crippen LogP contribution in [-0.2, 0) is 13.1 Å². The van der Waals surface area contributed by atoms with Crippen LogP contribution in [0, 0.1) is 5.92 Å². The average molecular weight is 380 g/mol. The summed E-state index contributed by atoms with van der Waals surface area (Å²) in [5, 5.41) is 5.99.